The molecular weight excluding hydrogens is 390 g/mol. The van der Waals surface area contributed by atoms with Crippen LogP contribution in [0.1, 0.15) is 11.1 Å². The Hall–Kier alpha value is -3.57. The van der Waals surface area contributed by atoms with Crippen LogP contribution in [0, 0.1) is 11.3 Å². The summed E-state index contributed by atoms with van der Waals surface area (Å²) >= 11 is 0.884. The predicted molar refractivity (Wildman–Crippen MR) is 109 cm³/mol. The van der Waals surface area contributed by atoms with Crippen molar-refractivity contribution in [1.29, 1.82) is 5.26 Å². The number of benzene rings is 2. The van der Waals surface area contributed by atoms with E-state index in [1.807, 2.05) is 36.4 Å². The van der Waals surface area contributed by atoms with Crippen molar-refractivity contribution in [1.82, 2.24) is 10.2 Å². The van der Waals surface area contributed by atoms with E-state index in [0.717, 1.165) is 22.2 Å². The highest BCUT2D eigenvalue weighted by atomic mass is 32.2. The number of carbonyl (C=O) groups is 3. The van der Waals surface area contributed by atoms with E-state index in [9.17, 15) is 14.4 Å². The zero-order valence-electron chi connectivity index (χ0n) is 15.3. The largest absolute Gasteiger partial charge is 0.484 e. The molecule has 7 nitrogen and oxygen atoms in total. The van der Waals surface area contributed by atoms with Crippen LogP contribution in [-0.4, -0.2) is 41.6 Å². The lowest BCUT2D eigenvalue weighted by atomic mass is 10.2. The fourth-order valence-electron chi connectivity index (χ4n) is 2.53. The van der Waals surface area contributed by atoms with Gasteiger partial charge in [0, 0.05) is 13.1 Å². The van der Waals surface area contributed by atoms with Gasteiger partial charge in [-0.1, -0.05) is 30.3 Å². The first-order chi connectivity index (χ1) is 14.1. The SMILES string of the molecule is N#Cc1ccc(OCC(=O)NCCN2C(=O)S/C(=C\c3ccccc3)C2=O)cc1. The summed E-state index contributed by atoms with van der Waals surface area (Å²) in [7, 11) is 0. The van der Waals surface area contributed by atoms with Crippen molar-refractivity contribution in [2.24, 2.45) is 0 Å². The number of hydrogen-bond acceptors (Lipinski definition) is 6. The second-order valence-corrected chi connectivity index (χ2v) is 7.01. The van der Waals surface area contributed by atoms with Crippen molar-refractivity contribution < 1.29 is 19.1 Å². The first-order valence-corrected chi connectivity index (χ1v) is 9.58. The van der Waals surface area contributed by atoms with Gasteiger partial charge in [-0.15, -0.1) is 0 Å². The van der Waals surface area contributed by atoms with Gasteiger partial charge in [0.05, 0.1) is 16.5 Å². The molecule has 1 fully saturated rings. The third-order valence-corrected chi connectivity index (χ3v) is 4.89. The number of rotatable bonds is 7. The number of nitriles is 1. The number of nitrogens with one attached hydrogen (secondary N) is 1. The van der Waals surface area contributed by atoms with Crippen molar-refractivity contribution in [3.8, 4) is 11.8 Å². The number of carbonyl (C=O) groups excluding carboxylic acids is 3. The van der Waals surface area contributed by atoms with Gasteiger partial charge in [-0.25, -0.2) is 0 Å². The zero-order chi connectivity index (χ0) is 20.6. The highest BCUT2D eigenvalue weighted by Gasteiger charge is 2.34. The number of hydrogen-bond donors (Lipinski definition) is 1. The molecule has 146 valence electrons. The summed E-state index contributed by atoms with van der Waals surface area (Å²) in [5, 5.41) is 11.0. The van der Waals surface area contributed by atoms with Crippen molar-refractivity contribution in [2.45, 2.75) is 0 Å². The smallest absolute Gasteiger partial charge is 0.293 e. The first kappa shape index (κ1) is 20.2. The molecule has 0 aromatic heterocycles. The van der Waals surface area contributed by atoms with Gasteiger partial charge < -0.3 is 10.1 Å². The molecule has 3 amide bonds. The molecule has 0 spiro atoms. The van der Waals surface area contributed by atoms with Gasteiger partial charge in [0.1, 0.15) is 5.75 Å². The molecule has 0 atom stereocenters. The van der Waals surface area contributed by atoms with E-state index in [4.69, 9.17) is 10.00 Å². The monoisotopic (exact) mass is 407 g/mol. The van der Waals surface area contributed by atoms with Gasteiger partial charge in [0.2, 0.25) is 0 Å². The number of amides is 3. The molecule has 8 heteroatoms. The Bertz CT molecular complexity index is 981. The van der Waals surface area contributed by atoms with E-state index in [2.05, 4.69) is 5.32 Å². The molecule has 1 heterocycles. The third kappa shape index (κ3) is 5.46. The second-order valence-electron chi connectivity index (χ2n) is 6.02. The number of nitrogens with zero attached hydrogens (tertiary/aromatic N) is 2. The quantitative estimate of drug-likeness (QED) is 0.709. The van der Waals surface area contributed by atoms with Crippen LogP contribution in [0.2, 0.25) is 0 Å². The minimum atomic E-state index is -0.374. The van der Waals surface area contributed by atoms with Crippen LogP contribution in [0.25, 0.3) is 6.08 Å². The van der Waals surface area contributed by atoms with Crippen LogP contribution in [0.3, 0.4) is 0 Å². The van der Waals surface area contributed by atoms with Gasteiger partial charge in [-0.05, 0) is 47.7 Å². The summed E-state index contributed by atoms with van der Waals surface area (Å²) in [5.74, 6) is -0.274. The summed E-state index contributed by atoms with van der Waals surface area (Å²) in [6.45, 7) is 0.00727. The highest BCUT2D eigenvalue weighted by molar-refractivity contribution is 8.18. The average Bonchev–Trinajstić information content (AvgIpc) is 3.00. The van der Waals surface area contributed by atoms with Crippen molar-refractivity contribution in [3.63, 3.8) is 0 Å². The Morgan fingerprint density at radius 3 is 2.55 bits per heavy atom. The molecule has 1 aliphatic rings. The maximum atomic E-state index is 12.4. The topological polar surface area (TPSA) is 99.5 Å². The molecular formula is C21H17N3O4S. The summed E-state index contributed by atoms with van der Waals surface area (Å²) in [6.07, 6.45) is 1.68. The summed E-state index contributed by atoms with van der Waals surface area (Å²) in [5.41, 5.74) is 1.34. The Balaban J connectivity index is 1.45. The summed E-state index contributed by atoms with van der Waals surface area (Å²) in [4.78, 5) is 37.9. The Morgan fingerprint density at radius 1 is 1.14 bits per heavy atom. The Kier molecular flexibility index (Phi) is 6.66. The van der Waals surface area contributed by atoms with Crippen molar-refractivity contribution in [3.05, 3.63) is 70.6 Å². The molecule has 0 radical (unpaired) electrons. The van der Waals surface area contributed by atoms with E-state index in [1.165, 1.54) is 0 Å². The molecule has 0 unspecified atom stereocenters. The molecule has 29 heavy (non-hydrogen) atoms. The van der Waals surface area contributed by atoms with Gasteiger partial charge in [0.15, 0.2) is 6.61 Å². The molecule has 1 N–H and O–H groups in total. The van der Waals surface area contributed by atoms with Crippen LogP contribution in [0.5, 0.6) is 5.75 Å². The minimum absolute atomic E-state index is 0.0827. The van der Waals surface area contributed by atoms with Gasteiger partial charge in [-0.2, -0.15) is 5.26 Å². The van der Waals surface area contributed by atoms with Crippen LogP contribution >= 0.6 is 11.8 Å². The normalized spacial score (nSPS) is 14.7. The number of thioether (sulfide) groups is 1. The van der Waals surface area contributed by atoms with Crippen LogP contribution < -0.4 is 10.1 Å². The maximum Gasteiger partial charge on any atom is 0.293 e. The summed E-state index contributed by atoms with van der Waals surface area (Å²) in [6, 6.07) is 17.7. The van der Waals surface area contributed by atoms with Gasteiger partial charge >= 0.3 is 0 Å². The molecule has 3 rings (SSSR count). The number of imide groups is 1. The van der Waals surface area contributed by atoms with Crippen LogP contribution in [0.4, 0.5) is 4.79 Å². The maximum absolute atomic E-state index is 12.4. The van der Waals surface area contributed by atoms with E-state index in [-0.39, 0.29) is 36.7 Å². The lowest BCUT2D eigenvalue weighted by Gasteiger charge is -2.13. The van der Waals surface area contributed by atoms with Crippen LogP contribution in [0.15, 0.2) is 59.5 Å². The van der Waals surface area contributed by atoms with Crippen LogP contribution in [-0.2, 0) is 9.59 Å². The predicted octanol–water partition coefficient (Wildman–Crippen LogP) is 2.79. The Morgan fingerprint density at radius 2 is 1.86 bits per heavy atom. The van der Waals surface area contributed by atoms with Gasteiger partial charge in [0.25, 0.3) is 17.1 Å². The van der Waals surface area contributed by atoms with E-state index >= 15 is 0 Å². The lowest BCUT2D eigenvalue weighted by Crippen LogP contribution is -2.38. The van der Waals surface area contributed by atoms with Crippen molar-refractivity contribution in [2.75, 3.05) is 19.7 Å². The molecule has 2 aromatic rings. The van der Waals surface area contributed by atoms with E-state index < -0.39 is 0 Å². The molecule has 0 aliphatic carbocycles. The fourth-order valence-corrected chi connectivity index (χ4v) is 3.39. The van der Waals surface area contributed by atoms with Gasteiger partial charge in [-0.3, -0.25) is 19.3 Å². The Labute approximate surface area is 172 Å². The lowest BCUT2D eigenvalue weighted by molar-refractivity contribution is -0.125. The minimum Gasteiger partial charge on any atom is -0.484 e. The number of ether oxygens (including phenoxy) is 1. The average molecular weight is 407 g/mol. The van der Waals surface area contributed by atoms with E-state index in [1.54, 1.807) is 30.3 Å². The molecule has 2 aromatic carbocycles. The molecule has 1 saturated heterocycles. The molecule has 0 bridgehead atoms. The fraction of sp³-hybridized carbons (Fsp3) is 0.143. The molecule has 1 aliphatic heterocycles. The first-order valence-electron chi connectivity index (χ1n) is 8.77. The zero-order valence-corrected chi connectivity index (χ0v) is 16.1. The molecule has 0 saturated carbocycles. The standard InChI is InChI=1S/C21H17N3O4S/c22-13-16-6-8-17(9-7-16)28-14-19(25)23-10-11-24-20(26)18(29-21(24)27)12-15-4-2-1-3-5-15/h1-9,12H,10-11,14H2,(H,23,25)/b18-12-. The summed E-state index contributed by atoms with van der Waals surface area (Å²) < 4.78 is 5.33. The second kappa shape index (κ2) is 9.57. The highest BCUT2D eigenvalue weighted by Crippen LogP contribution is 2.31. The van der Waals surface area contributed by atoms with E-state index in [0.29, 0.717) is 16.2 Å². The van der Waals surface area contributed by atoms with Crippen molar-refractivity contribution >= 4 is 34.9 Å². The third-order valence-electron chi connectivity index (χ3n) is 3.98.